The Morgan fingerprint density at radius 1 is 0.684 bits per heavy atom. The average molecular weight is 562 g/mol. The van der Waals surface area contributed by atoms with Gasteiger partial charge < -0.3 is 19.3 Å². The number of ether oxygens (including phenoxy) is 3. The van der Waals surface area contributed by atoms with Crippen LogP contribution in [0.5, 0.6) is 11.5 Å². The zero-order valence-electron chi connectivity index (χ0n) is 18.3. The minimum absolute atomic E-state index is 0.213. The third-order valence-electron chi connectivity index (χ3n) is 5.26. The van der Waals surface area contributed by atoms with Gasteiger partial charge in [0.25, 0.3) is 0 Å². The van der Waals surface area contributed by atoms with Gasteiger partial charge in [-0.15, -0.1) is 0 Å². The number of carbonyl (C=O) groups is 2. The van der Waals surface area contributed by atoms with Gasteiger partial charge in [-0.3, -0.25) is 0 Å². The third kappa shape index (κ3) is 5.39. The molecule has 0 amide bonds. The first kappa shape index (κ1) is 28.7. The number of benzene rings is 2. The molecule has 1 N–H and O–H groups in total. The van der Waals surface area contributed by atoms with Gasteiger partial charge in [0.2, 0.25) is 69.7 Å². The van der Waals surface area contributed by atoms with Crippen LogP contribution in [-0.2, 0) is 9.53 Å². The third-order valence-corrected chi connectivity index (χ3v) is 5.26. The van der Waals surface area contributed by atoms with Crippen LogP contribution in [0.15, 0.2) is 12.2 Å². The van der Waals surface area contributed by atoms with Crippen LogP contribution in [0, 0.1) is 58.2 Å². The number of rotatable bonds is 4. The molecule has 1 aliphatic rings. The lowest BCUT2D eigenvalue weighted by Gasteiger charge is -2.28. The Bertz CT molecular complexity index is 1270. The summed E-state index contributed by atoms with van der Waals surface area (Å²) in [5.41, 5.74) is -2.63. The fourth-order valence-electron chi connectivity index (χ4n) is 3.24. The number of hydrogen-bond acceptors (Lipinski definition) is 6. The van der Waals surface area contributed by atoms with Gasteiger partial charge in [0, 0.05) is 0 Å². The van der Waals surface area contributed by atoms with Gasteiger partial charge in [0.05, 0.1) is 0 Å². The number of hydrogen-bond donors (Lipinski definition) is 1. The second-order valence-electron chi connectivity index (χ2n) is 7.73. The fraction of sp³-hybridized carbons (Fsp3) is 0.273. The molecule has 0 heterocycles. The summed E-state index contributed by atoms with van der Waals surface area (Å²) >= 11 is 0. The number of esters is 1. The van der Waals surface area contributed by atoms with Gasteiger partial charge in [-0.05, 0) is 31.8 Å². The first-order valence-corrected chi connectivity index (χ1v) is 10.2. The van der Waals surface area contributed by atoms with Gasteiger partial charge in [0.1, 0.15) is 6.10 Å². The van der Waals surface area contributed by atoms with E-state index < -0.39 is 113 Å². The highest BCUT2D eigenvalue weighted by atomic mass is 19.2. The van der Waals surface area contributed by atoms with E-state index in [-0.39, 0.29) is 6.42 Å². The van der Waals surface area contributed by atoms with Crippen molar-refractivity contribution < 1.29 is 72.8 Å². The number of aliphatic hydroxyl groups is 1. The Hall–Kier alpha value is -3.82. The molecule has 6 nitrogen and oxygen atoms in total. The van der Waals surface area contributed by atoms with E-state index in [0.29, 0.717) is 0 Å². The van der Waals surface area contributed by atoms with E-state index >= 15 is 0 Å². The molecule has 0 fully saturated rings. The fourth-order valence-corrected chi connectivity index (χ4v) is 3.24. The first-order valence-electron chi connectivity index (χ1n) is 10.2. The van der Waals surface area contributed by atoms with Crippen molar-refractivity contribution in [3.8, 4) is 11.5 Å². The molecule has 2 aromatic carbocycles. The van der Waals surface area contributed by atoms with E-state index in [4.69, 9.17) is 0 Å². The molecular weight excluding hydrogens is 550 g/mol. The molecule has 0 saturated carbocycles. The molecule has 0 bridgehead atoms. The van der Waals surface area contributed by atoms with Crippen molar-refractivity contribution >= 4 is 12.1 Å². The van der Waals surface area contributed by atoms with Crippen molar-refractivity contribution in [3.63, 3.8) is 0 Å². The van der Waals surface area contributed by atoms with Gasteiger partial charge in [-0.1, -0.05) is 6.08 Å². The summed E-state index contributed by atoms with van der Waals surface area (Å²) in [6, 6.07) is 0. The largest absolute Gasteiger partial charge is 0.514 e. The molecule has 2 aromatic rings. The van der Waals surface area contributed by atoms with Crippen molar-refractivity contribution in [2.45, 2.75) is 37.4 Å². The SMILES string of the molecule is O=C(Oc1c(F)c(F)c(F)c(F)c1F)OC1/C=C/CC[C@@](O)(C(=O)Oc2c(F)c(F)c(F)c(F)c2F)CC1. The molecule has 0 aromatic heterocycles. The highest BCUT2D eigenvalue weighted by molar-refractivity contribution is 5.81. The molecule has 38 heavy (non-hydrogen) atoms. The number of halogens is 10. The monoisotopic (exact) mass is 562 g/mol. The second kappa shape index (κ2) is 10.9. The molecule has 206 valence electrons. The van der Waals surface area contributed by atoms with Gasteiger partial charge >= 0.3 is 12.1 Å². The normalized spacial score (nSPS) is 20.3. The molecule has 0 radical (unpaired) electrons. The molecule has 1 aliphatic carbocycles. The minimum Gasteiger partial charge on any atom is -0.426 e. The van der Waals surface area contributed by atoms with Crippen LogP contribution in [0.2, 0.25) is 0 Å². The predicted molar refractivity (Wildman–Crippen MR) is 102 cm³/mol. The van der Waals surface area contributed by atoms with E-state index in [1.165, 1.54) is 6.08 Å². The van der Waals surface area contributed by atoms with Gasteiger partial charge in [-0.2, -0.15) is 17.6 Å². The van der Waals surface area contributed by atoms with Crippen LogP contribution < -0.4 is 9.47 Å². The summed E-state index contributed by atoms with van der Waals surface area (Å²) in [5.74, 6) is -30.4. The molecule has 16 heteroatoms. The van der Waals surface area contributed by atoms with Crippen LogP contribution in [0.1, 0.15) is 25.7 Å². The van der Waals surface area contributed by atoms with Crippen molar-refractivity contribution in [1.29, 1.82) is 0 Å². The van der Waals surface area contributed by atoms with E-state index in [0.717, 1.165) is 6.08 Å². The lowest BCUT2D eigenvalue weighted by molar-refractivity contribution is -0.158. The Morgan fingerprint density at radius 2 is 1.11 bits per heavy atom. The maximum atomic E-state index is 13.8. The molecule has 1 unspecified atom stereocenters. The van der Waals surface area contributed by atoms with Gasteiger partial charge in [-0.25, -0.2) is 35.9 Å². The summed E-state index contributed by atoms with van der Waals surface area (Å²) in [6.45, 7) is 0. The topological polar surface area (TPSA) is 82.1 Å². The van der Waals surface area contributed by atoms with Crippen LogP contribution in [0.4, 0.5) is 48.7 Å². The van der Waals surface area contributed by atoms with E-state index in [1.807, 2.05) is 0 Å². The van der Waals surface area contributed by atoms with Crippen LogP contribution in [0.25, 0.3) is 0 Å². The summed E-state index contributed by atoms with van der Waals surface area (Å²) in [4.78, 5) is 24.3. The van der Waals surface area contributed by atoms with Crippen molar-refractivity contribution in [2.75, 3.05) is 0 Å². The number of allylic oxidation sites excluding steroid dienone is 1. The summed E-state index contributed by atoms with van der Waals surface area (Å²) < 4.78 is 148. The van der Waals surface area contributed by atoms with E-state index in [9.17, 15) is 58.6 Å². The van der Waals surface area contributed by atoms with Crippen molar-refractivity contribution in [2.24, 2.45) is 0 Å². The number of carbonyl (C=O) groups excluding carboxylic acids is 2. The minimum atomic E-state index is -2.63. The average Bonchev–Trinajstić information content (AvgIpc) is 2.88. The highest BCUT2D eigenvalue weighted by Crippen LogP contribution is 2.33. The molecule has 2 atom stereocenters. The second-order valence-corrected chi connectivity index (χ2v) is 7.73. The van der Waals surface area contributed by atoms with E-state index in [1.54, 1.807) is 0 Å². The first-order chi connectivity index (χ1) is 17.7. The lowest BCUT2D eigenvalue weighted by atomic mass is 9.88. The molecule has 0 spiro atoms. The zero-order valence-corrected chi connectivity index (χ0v) is 18.3. The van der Waals surface area contributed by atoms with Crippen molar-refractivity contribution in [1.82, 2.24) is 0 Å². The van der Waals surface area contributed by atoms with Crippen LogP contribution in [-0.4, -0.2) is 28.9 Å². The molecular formula is C22H12F10O6. The van der Waals surface area contributed by atoms with E-state index in [2.05, 4.69) is 14.2 Å². The maximum absolute atomic E-state index is 13.8. The zero-order chi connectivity index (χ0) is 28.5. The Morgan fingerprint density at radius 3 is 1.58 bits per heavy atom. The quantitative estimate of drug-likeness (QED) is 0.102. The Balaban J connectivity index is 1.73. The summed E-state index contributed by atoms with van der Waals surface area (Å²) in [6.07, 6.45) is -3.08. The van der Waals surface area contributed by atoms with Gasteiger partial charge in [0.15, 0.2) is 5.60 Å². The molecule has 3 rings (SSSR count). The van der Waals surface area contributed by atoms with Crippen LogP contribution >= 0.6 is 0 Å². The Labute approximate surface area is 205 Å². The summed E-state index contributed by atoms with van der Waals surface area (Å²) in [7, 11) is 0. The summed E-state index contributed by atoms with van der Waals surface area (Å²) in [5, 5.41) is 10.6. The lowest BCUT2D eigenvalue weighted by Crippen LogP contribution is -2.43. The predicted octanol–water partition coefficient (Wildman–Crippen LogP) is 5.43. The van der Waals surface area contributed by atoms with Crippen molar-refractivity contribution in [3.05, 3.63) is 70.3 Å². The molecule has 0 aliphatic heterocycles. The van der Waals surface area contributed by atoms with Crippen LogP contribution in [0.3, 0.4) is 0 Å². The maximum Gasteiger partial charge on any atom is 0.514 e. The Kier molecular flexibility index (Phi) is 8.24. The highest BCUT2D eigenvalue weighted by Gasteiger charge is 2.41. The molecule has 0 saturated heterocycles. The standard InChI is InChI=1S/C22H12F10O6/c23-8-10(25)14(29)18(15(30)11(8)26)37-20(33)22(35)5-2-1-3-7(4-6-22)36-21(34)38-19-16(31)12(27)9(24)13(28)17(19)32/h1,3,7,35H,2,4-6H2/b3-1+/t7?,22-/m0/s1. The smallest absolute Gasteiger partial charge is 0.426 e.